The number of hydrogen-bond acceptors (Lipinski definition) is 5. The van der Waals surface area contributed by atoms with Gasteiger partial charge in [0.15, 0.2) is 5.65 Å². The average molecular weight is 459 g/mol. The van der Waals surface area contributed by atoms with Gasteiger partial charge >= 0.3 is 0 Å². The van der Waals surface area contributed by atoms with Crippen molar-refractivity contribution in [3.8, 4) is 0 Å². The minimum Gasteiger partial charge on any atom is -0.348 e. The maximum Gasteiger partial charge on any atom is 0.271 e. The predicted octanol–water partition coefficient (Wildman–Crippen LogP) is 2.33. The molecule has 3 aromatic rings. The zero-order valence-electron chi connectivity index (χ0n) is 16.7. The Hall–Kier alpha value is -3.18. The van der Waals surface area contributed by atoms with E-state index in [1.165, 1.54) is 24.4 Å². The molecular formula is C21H19F2N5O3S. The van der Waals surface area contributed by atoms with Gasteiger partial charge in [-0.25, -0.2) is 22.2 Å². The van der Waals surface area contributed by atoms with Gasteiger partial charge in [0.05, 0.1) is 16.7 Å². The minimum atomic E-state index is -3.88. The Morgan fingerprint density at radius 1 is 1.22 bits per heavy atom. The van der Waals surface area contributed by atoms with Crippen molar-refractivity contribution < 1.29 is 22.0 Å². The van der Waals surface area contributed by atoms with Gasteiger partial charge in [-0.2, -0.15) is 9.40 Å². The fraction of sp³-hybridized carbons (Fsp3) is 0.286. The van der Waals surface area contributed by atoms with Crippen LogP contribution in [0.4, 0.5) is 8.78 Å². The van der Waals surface area contributed by atoms with Crippen LogP contribution in [-0.4, -0.2) is 52.8 Å². The maximum atomic E-state index is 13.9. The minimum absolute atomic E-state index is 0.0365. The van der Waals surface area contributed by atoms with Gasteiger partial charge in [0.2, 0.25) is 10.0 Å². The second-order valence-electron chi connectivity index (χ2n) is 7.98. The molecule has 2 N–H and O–H groups in total. The number of nitrogens with one attached hydrogen (secondary N) is 2. The summed E-state index contributed by atoms with van der Waals surface area (Å²) in [4.78, 5) is 16.5. The van der Waals surface area contributed by atoms with Crippen molar-refractivity contribution >= 4 is 27.0 Å². The Morgan fingerprint density at radius 2 is 2.00 bits per heavy atom. The molecule has 5 rings (SSSR count). The van der Waals surface area contributed by atoms with Crippen LogP contribution in [0.3, 0.4) is 0 Å². The monoisotopic (exact) mass is 459 g/mol. The summed E-state index contributed by atoms with van der Waals surface area (Å²) in [6, 6.07) is 7.71. The molecule has 0 unspecified atom stereocenters. The number of pyridine rings is 1. The quantitative estimate of drug-likeness (QED) is 0.570. The van der Waals surface area contributed by atoms with E-state index in [1.807, 2.05) is 0 Å². The second kappa shape index (κ2) is 7.45. The molecule has 1 saturated heterocycles. The van der Waals surface area contributed by atoms with Gasteiger partial charge in [0.1, 0.15) is 0 Å². The van der Waals surface area contributed by atoms with Crippen LogP contribution in [0, 0.1) is 11.8 Å². The van der Waals surface area contributed by atoms with E-state index in [9.17, 15) is 22.0 Å². The maximum absolute atomic E-state index is 13.9. The molecule has 2 aliphatic rings. The Kier molecular flexibility index (Phi) is 4.82. The highest BCUT2D eigenvalue weighted by Gasteiger charge is 2.52. The molecule has 32 heavy (non-hydrogen) atoms. The van der Waals surface area contributed by atoms with Gasteiger partial charge in [0, 0.05) is 43.1 Å². The Labute approximate surface area is 182 Å². The number of nitrogens with zero attached hydrogens (tertiary/aromatic N) is 3. The smallest absolute Gasteiger partial charge is 0.271 e. The topological polar surface area (TPSA) is 108 Å². The van der Waals surface area contributed by atoms with Crippen molar-refractivity contribution in [1.82, 2.24) is 24.8 Å². The number of carbonyl (C=O) groups is 1. The van der Waals surface area contributed by atoms with Crippen LogP contribution in [0.25, 0.3) is 11.0 Å². The predicted molar refractivity (Wildman–Crippen MR) is 111 cm³/mol. The number of H-pyrrole nitrogens is 1. The molecule has 0 spiro atoms. The highest BCUT2D eigenvalue weighted by Crippen LogP contribution is 2.44. The molecule has 0 radical (unpaired) electrons. The van der Waals surface area contributed by atoms with E-state index in [2.05, 4.69) is 20.5 Å². The van der Waals surface area contributed by atoms with E-state index in [4.69, 9.17) is 0 Å². The largest absolute Gasteiger partial charge is 0.348 e. The third-order valence-electron chi connectivity index (χ3n) is 5.96. The van der Waals surface area contributed by atoms with Gasteiger partial charge in [-0.15, -0.1) is 0 Å². The number of sulfonamides is 1. The van der Waals surface area contributed by atoms with Gasteiger partial charge in [0.25, 0.3) is 11.8 Å². The van der Waals surface area contributed by atoms with Crippen molar-refractivity contribution in [2.24, 2.45) is 11.8 Å². The molecule has 2 aromatic heterocycles. The lowest BCUT2D eigenvalue weighted by Crippen LogP contribution is -2.32. The molecule has 1 amide bonds. The third kappa shape index (κ3) is 3.56. The number of hydrogen-bond donors (Lipinski definition) is 2. The van der Waals surface area contributed by atoms with Crippen molar-refractivity contribution in [2.75, 3.05) is 13.1 Å². The standard InChI is InChI=1S/C21H19F2N5O3S/c22-21(23)6-5-14-11-28(12-18(14)21)32(30,31)17-3-1-13(2-4-17)8-25-20(29)16-7-15-10-26-27-19(15)24-9-16/h1-7,9-10,14,18H,8,11-12H2,(H,25,29)(H,24,26,27)/t14-,18+/m0/s1. The Bertz CT molecular complexity index is 1320. The van der Waals surface area contributed by atoms with E-state index in [0.717, 1.165) is 10.4 Å². The second-order valence-corrected chi connectivity index (χ2v) is 9.92. The van der Waals surface area contributed by atoms with Crippen molar-refractivity contribution in [3.63, 3.8) is 0 Å². The number of allylic oxidation sites excluding steroid dienone is 1. The van der Waals surface area contributed by atoms with Crippen LogP contribution in [-0.2, 0) is 16.6 Å². The molecule has 0 saturated carbocycles. The normalized spacial score (nSPS) is 22.3. The number of benzene rings is 1. The fourth-order valence-corrected chi connectivity index (χ4v) is 5.64. The fourth-order valence-electron chi connectivity index (χ4n) is 4.14. The van der Waals surface area contributed by atoms with E-state index in [1.54, 1.807) is 24.4 Å². The van der Waals surface area contributed by atoms with Crippen molar-refractivity contribution in [1.29, 1.82) is 0 Å². The first kappa shape index (κ1) is 20.7. The zero-order valence-corrected chi connectivity index (χ0v) is 17.5. The molecule has 1 aliphatic carbocycles. The first-order chi connectivity index (χ1) is 15.2. The zero-order chi connectivity index (χ0) is 22.5. The van der Waals surface area contributed by atoms with Gasteiger partial charge < -0.3 is 5.32 Å². The summed E-state index contributed by atoms with van der Waals surface area (Å²) < 4.78 is 54.7. The molecule has 2 atom stereocenters. The number of aromatic nitrogens is 3. The van der Waals surface area contributed by atoms with Crippen LogP contribution in [0.15, 0.2) is 59.8 Å². The van der Waals surface area contributed by atoms with Gasteiger partial charge in [-0.05, 0) is 29.8 Å². The lowest BCUT2D eigenvalue weighted by molar-refractivity contribution is -0.000988. The van der Waals surface area contributed by atoms with Gasteiger partial charge in [-0.1, -0.05) is 18.2 Å². The van der Waals surface area contributed by atoms with E-state index >= 15 is 0 Å². The molecule has 0 bridgehead atoms. The molecular weight excluding hydrogens is 440 g/mol. The summed E-state index contributed by atoms with van der Waals surface area (Å²) >= 11 is 0. The van der Waals surface area contributed by atoms with Crippen LogP contribution < -0.4 is 5.32 Å². The summed E-state index contributed by atoms with van der Waals surface area (Å²) in [6.07, 6.45) is 5.30. The Balaban J connectivity index is 1.24. The summed E-state index contributed by atoms with van der Waals surface area (Å²) in [6.45, 7) is 0.0270. The number of carbonyl (C=O) groups excluding carboxylic acids is 1. The first-order valence-corrected chi connectivity index (χ1v) is 11.4. The summed E-state index contributed by atoms with van der Waals surface area (Å²) in [7, 11) is -3.88. The molecule has 1 aliphatic heterocycles. The summed E-state index contributed by atoms with van der Waals surface area (Å²) in [5, 5.41) is 10.0. The van der Waals surface area contributed by atoms with E-state index in [-0.39, 0.29) is 30.4 Å². The Morgan fingerprint density at radius 3 is 2.75 bits per heavy atom. The third-order valence-corrected chi connectivity index (χ3v) is 7.81. The SMILES string of the molecule is O=C(NCc1ccc(S(=O)(=O)N2C[C@@H]3[C@@H](C=CC3(F)F)C2)cc1)c1cnc2[nH]ncc2c1. The highest BCUT2D eigenvalue weighted by molar-refractivity contribution is 7.89. The number of rotatable bonds is 5. The van der Waals surface area contributed by atoms with Crippen molar-refractivity contribution in [2.45, 2.75) is 17.4 Å². The van der Waals surface area contributed by atoms with Crippen LogP contribution in [0.2, 0.25) is 0 Å². The van der Waals surface area contributed by atoms with Crippen LogP contribution in [0.5, 0.6) is 0 Å². The summed E-state index contributed by atoms with van der Waals surface area (Å²) in [5.74, 6) is -4.78. The number of halogens is 2. The highest BCUT2D eigenvalue weighted by atomic mass is 32.2. The average Bonchev–Trinajstić information content (AvgIpc) is 3.49. The lowest BCUT2D eigenvalue weighted by Gasteiger charge is -2.19. The number of amides is 1. The molecule has 1 fully saturated rings. The van der Waals surface area contributed by atoms with Gasteiger partial charge in [-0.3, -0.25) is 9.89 Å². The number of aromatic amines is 1. The van der Waals surface area contributed by atoms with Crippen LogP contribution in [0.1, 0.15) is 15.9 Å². The first-order valence-electron chi connectivity index (χ1n) is 9.98. The molecule has 11 heteroatoms. The molecule has 3 heterocycles. The molecule has 166 valence electrons. The lowest BCUT2D eigenvalue weighted by atomic mass is 9.98. The van der Waals surface area contributed by atoms with E-state index in [0.29, 0.717) is 22.2 Å². The number of alkyl halides is 2. The van der Waals surface area contributed by atoms with E-state index < -0.39 is 27.8 Å². The summed E-state index contributed by atoms with van der Waals surface area (Å²) in [5.41, 5.74) is 1.66. The van der Waals surface area contributed by atoms with Crippen LogP contribution >= 0.6 is 0 Å². The molecule has 1 aromatic carbocycles. The number of fused-ring (bicyclic) bond motifs is 2. The van der Waals surface area contributed by atoms with Crippen molar-refractivity contribution in [3.05, 3.63) is 66.0 Å². The molecule has 8 nitrogen and oxygen atoms in total.